The first-order valence-electron chi connectivity index (χ1n) is 5.92. The molecule has 4 atom stereocenters. The molecule has 0 aromatic carbocycles. The monoisotopic (exact) mass is 232 g/mol. The van der Waals surface area contributed by atoms with Gasteiger partial charge in [0, 0.05) is 17.1 Å². The van der Waals surface area contributed by atoms with E-state index in [2.05, 4.69) is 20.8 Å². The van der Waals surface area contributed by atoms with E-state index >= 15 is 0 Å². The molecular weight excluding hydrogens is 208 g/mol. The molecule has 15 heavy (non-hydrogen) atoms. The van der Waals surface area contributed by atoms with E-state index in [0.29, 0.717) is 23.9 Å². The van der Waals surface area contributed by atoms with Crippen molar-refractivity contribution >= 4 is 10.8 Å². The predicted molar refractivity (Wildman–Crippen MR) is 65.1 cm³/mol. The number of ether oxygens (including phenoxy) is 1. The summed E-state index contributed by atoms with van der Waals surface area (Å²) in [6.07, 6.45) is 5.76. The standard InChI is InChI=1S/C12H24O2S/c1-9(2)11-6-5-10(3)7-12(11)14-8-15(4)13/h9-12H,5-8H2,1-4H3. The van der Waals surface area contributed by atoms with Gasteiger partial charge in [0.05, 0.1) is 6.10 Å². The maximum absolute atomic E-state index is 11.0. The fraction of sp³-hybridized carbons (Fsp3) is 1.00. The molecule has 0 aromatic rings. The largest absolute Gasteiger partial charge is 0.365 e. The van der Waals surface area contributed by atoms with Gasteiger partial charge in [0.25, 0.3) is 0 Å². The average Bonchev–Trinajstić information content (AvgIpc) is 2.14. The minimum absolute atomic E-state index is 0.331. The zero-order valence-electron chi connectivity index (χ0n) is 10.4. The third-order valence-corrected chi connectivity index (χ3v) is 3.88. The van der Waals surface area contributed by atoms with Crippen molar-refractivity contribution in [2.45, 2.75) is 46.1 Å². The van der Waals surface area contributed by atoms with Gasteiger partial charge in [0.1, 0.15) is 5.94 Å². The van der Waals surface area contributed by atoms with Crippen LogP contribution in [0.15, 0.2) is 0 Å². The highest BCUT2D eigenvalue weighted by Gasteiger charge is 2.31. The molecule has 1 rings (SSSR count). The summed E-state index contributed by atoms with van der Waals surface area (Å²) in [7, 11) is -0.829. The quantitative estimate of drug-likeness (QED) is 0.745. The van der Waals surface area contributed by atoms with Crippen molar-refractivity contribution in [2.75, 3.05) is 12.2 Å². The van der Waals surface area contributed by atoms with Gasteiger partial charge in [0.15, 0.2) is 0 Å². The lowest BCUT2D eigenvalue weighted by Gasteiger charge is -2.36. The third kappa shape index (κ3) is 4.23. The normalized spacial score (nSPS) is 34.3. The van der Waals surface area contributed by atoms with Gasteiger partial charge in [-0.05, 0) is 30.6 Å². The molecule has 0 spiro atoms. The second kappa shape index (κ2) is 6.00. The summed E-state index contributed by atoms with van der Waals surface area (Å²) in [5, 5.41) is 0. The molecule has 1 aliphatic rings. The lowest BCUT2D eigenvalue weighted by Crippen LogP contribution is -2.34. The van der Waals surface area contributed by atoms with Crippen molar-refractivity contribution in [3.05, 3.63) is 0 Å². The molecule has 1 fully saturated rings. The van der Waals surface area contributed by atoms with Crippen molar-refractivity contribution in [1.82, 2.24) is 0 Å². The first kappa shape index (κ1) is 13.2. The van der Waals surface area contributed by atoms with Crippen LogP contribution in [0.4, 0.5) is 0 Å². The fourth-order valence-electron chi connectivity index (χ4n) is 2.49. The van der Waals surface area contributed by atoms with Crippen molar-refractivity contribution < 1.29 is 8.95 Å². The van der Waals surface area contributed by atoms with Gasteiger partial charge in [0.2, 0.25) is 0 Å². The highest BCUT2D eigenvalue weighted by Crippen LogP contribution is 2.35. The maximum Gasteiger partial charge on any atom is 0.122 e. The number of hydrogen-bond donors (Lipinski definition) is 0. The van der Waals surface area contributed by atoms with Crippen molar-refractivity contribution in [2.24, 2.45) is 17.8 Å². The zero-order chi connectivity index (χ0) is 11.4. The molecule has 0 aliphatic heterocycles. The zero-order valence-corrected chi connectivity index (χ0v) is 11.2. The Kier molecular flexibility index (Phi) is 5.27. The van der Waals surface area contributed by atoms with Gasteiger partial charge in [-0.3, -0.25) is 4.21 Å². The maximum atomic E-state index is 11.0. The minimum atomic E-state index is -0.829. The summed E-state index contributed by atoms with van der Waals surface area (Å²) in [4.78, 5) is 0. The van der Waals surface area contributed by atoms with E-state index in [1.807, 2.05) is 0 Å². The van der Waals surface area contributed by atoms with Crippen LogP contribution >= 0.6 is 0 Å². The van der Waals surface area contributed by atoms with Crippen LogP contribution in [0.1, 0.15) is 40.0 Å². The SMILES string of the molecule is CC1CCC(C(C)C)C(OCS(C)=O)C1. The Bertz CT molecular complexity index is 216. The second-order valence-electron chi connectivity index (χ2n) is 5.22. The molecule has 0 heterocycles. The van der Waals surface area contributed by atoms with E-state index in [-0.39, 0.29) is 0 Å². The number of hydrogen-bond acceptors (Lipinski definition) is 2. The highest BCUT2D eigenvalue weighted by molar-refractivity contribution is 7.84. The molecule has 0 amide bonds. The van der Waals surface area contributed by atoms with Crippen LogP contribution in [0.2, 0.25) is 0 Å². The molecule has 4 unspecified atom stereocenters. The molecular formula is C12H24O2S. The summed E-state index contributed by atoms with van der Waals surface area (Å²) in [6.45, 7) is 6.82. The van der Waals surface area contributed by atoms with Crippen LogP contribution in [0.25, 0.3) is 0 Å². The van der Waals surface area contributed by atoms with E-state index < -0.39 is 10.8 Å². The van der Waals surface area contributed by atoms with Crippen LogP contribution in [0.3, 0.4) is 0 Å². The minimum Gasteiger partial charge on any atom is -0.365 e. The molecule has 0 aromatic heterocycles. The summed E-state index contributed by atoms with van der Waals surface area (Å²) in [5.41, 5.74) is 0. The van der Waals surface area contributed by atoms with Gasteiger partial charge in [-0.2, -0.15) is 0 Å². The Morgan fingerprint density at radius 3 is 2.60 bits per heavy atom. The topological polar surface area (TPSA) is 26.3 Å². The van der Waals surface area contributed by atoms with Crippen LogP contribution in [-0.2, 0) is 15.5 Å². The summed E-state index contributed by atoms with van der Waals surface area (Å²) < 4.78 is 16.8. The fourth-order valence-corrected chi connectivity index (χ4v) is 2.86. The highest BCUT2D eigenvalue weighted by atomic mass is 32.2. The average molecular weight is 232 g/mol. The molecule has 2 nitrogen and oxygen atoms in total. The lowest BCUT2D eigenvalue weighted by atomic mass is 9.75. The van der Waals surface area contributed by atoms with E-state index in [1.54, 1.807) is 6.26 Å². The first-order valence-corrected chi connectivity index (χ1v) is 7.65. The summed E-state index contributed by atoms with van der Waals surface area (Å²) >= 11 is 0. The molecule has 0 bridgehead atoms. The van der Waals surface area contributed by atoms with E-state index in [9.17, 15) is 4.21 Å². The lowest BCUT2D eigenvalue weighted by molar-refractivity contribution is -0.0180. The van der Waals surface area contributed by atoms with Crippen molar-refractivity contribution in [1.29, 1.82) is 0 Å². The van der Waals surface area contributed by atoms with Gasteiger partial charge < -0.3 is 4.74 Å². The molecule has 3 heteroatoms. The molecule has 90 valence electrons. The molecule has 0 saturated heterocycles. The summed E-state index contributed by atoms with van der Waals surface area (Å²) in [5.74, 6) is 2.49. The molecule has 1 aliphatic carbocycles. The van der Waals surface area contributed by atoms with Gasteiger partial charge in [-0.15, -0.1) is 0 Å². The molecule has 0 N–H and O–H groups in total. The third-order valence-electron chi connectivity index (χ3n) is 3.41. The molecule has 1 saturated carbocycles. The van der Waals surface area contributed by atoms with Crippen LogP contribution in [0.5, 0.6) is 0 Å². The van der Waals surface area contributed by atoms with Crippen LogP contribution in [0, 0.1) is 17.8 Å². The Balaban J connectivity index is 2.50. The molecule has 0 radical (unpaired) electrons. The van der Waals surface area contributed by atoms with Gasteiger partial charge >= 0.3 is 0 Å². The first-order chi connectivity index (χ1) is 7.00. The predicted octanol–water partition coefficient (Wildman–Crippen LogP) is 2.80. The smallest absolute Gasteiger partial charge is 0.122 e. The van der Waals surface area contributed by atoms with Crippen LogP contribution in [-0.4, -0.2) is 22.5 Å². The van der Waals surface area contributed by atoms with E-state index in [0.717, 1.165) is 12.3 Å². The Morgan fingerprint density at radius 2 is 2.07 bits per heavy atom. The van der Waals surface area contributed by atoms with Crippen LogP contribution < -0.4 is 0 Å². The van der Waals surface area contributed by atoms with E-state index in [4.69, 9.17) is 4.74 Å². The van der Waals surface area contributed by atoms with Crippen molar-refractivity contribution in [3.63, 3.8) is 0 Å². The van der Waals surface area contributed by atoms with Gasteiger partial charge in [-0.1, -0.05) is 27.2 Å². The van der Waals surface area contributed by atoms with E-state index in [1.165, 1.54) is 12.8 Å². The summed E-state index contributed by atoms with van der Waals surface area (Å²) in [6, 6.07) is 0. The Labute approximate surface area is 96.2 Å². The number of rotatable bonds is 4. The Hall–Kier alpha value is 0.110. The Morgan fingerprint density at radius 1 is 1.40 bits per heavy atom. The van der Waals surface area contributed by atoms with Gasteiger partial charge in [-0.25, -0.2) is 0 Å². The van der Waals surface area contributed by atoms with Crippen molar-refractivity contribution in [3.8, 4) is 0 Å². The second-order valence-corrected chi connectivity index (χ2v) is 6.60.